The van der Waals surface area contributed by atoms with Gasteiger partial charge in [0.1, 0.15) is 12.1 Å². The fraction of sp³-hybridized carbons (Fsp3) is 0.200. The van der Waals surface area contributed by atoms with Gasteiger partial charge < -0.3 is 20.3 Å². The first-order chi connectivity index (χ1) is 10.5. The van der Waals surface area contributed by atoms with E-state index in [0.717, 1.165) is 0 Å². The second-order valence-electron chi connectivity index (χ2n) is 4.41. The minimum atomic E-state index is -1.56. The van der Waals surface area contributed by atoms with Crippen molar-refractivity contribution in [2.24, 2.45) is 5.73 Å². The first-order valence-electron chi connectivity index (χ1n) is 6.46. The molecule has 7 heteroatoms. The highest BCUT2D eigenvalue weighted by Gasteiger charge is 2.13. The Bertz CT molecular complexity index is 716. The van der Waals surface area contributed by atoms with Gasteiger partial charge in [-0.3, -0.25) is 0 Å². The largest absolute Gasteiger partial charge is 0.504 e. The number of phenolic OH excluding ortho intramolecular Hbond substituents is 1. The fourth-order valence-electron chi connectivity index (χ4n) is 1.88. The Morgan fingerprint density at radius 3 is 2.91 bits per heavy atom. The maximum Gasteiger partial charge on any atom is 0.229 e. The number of hydrogen-bond acceptors (Lipinski definition) is 6. The maximum atomic E-state index is 13.0. The number of allylic oxidation sites excluding steroid dienone is 2. The standard InChI is InChI=1S/C15H16FN3O3/c1-3-4-9(5-14(16)17)22-15-10-6-13(21-2)12(20)7-11(10)18-8-19-15/h3-4,6-8,14,20H,1,5,17H2,2H3/b9-4+. The first kappa shape index (κ1) is 15.7. The molecule has 1 heterocycles. The van der Waals surface area contributed by atoms with Crippen LogP contribution in [-0.2, 0) is 0 Å². The molecule has 2 rings (SSSR count). The number of aromatic hydroxyl groups is 1. The van der Waals surface area contributed by atoms with Gasteiger partial charge >= 0.3 is 0 Å². The molecule has 1 aromatic heterocycles. The van der Waals surface area contributed by atoms with Crippen molar-refractivity contribution in [2.75, 3.05) is 7.11 Å². The smallest absolute Gasteiger partial charge is 0.229 e. The predicted octanol–water partition coefficient (Wildman–Crippen LogP) is 2.44. The number of benzene rings is 1. The van der Waals surface area contributed by atoms with Crippen LogP contribution in [0.15, 0.2) is 43.0 Å². The Kier molecular flexibility index (Phi) is 4.90. The Morgan fingerprint density at radius 2 is 2.27 bits per heavy atom. The molecule has 1 atom stereocenters. The number of fused-ring (bicyclic) bond motifs is 1. The Morgan fingerprint density at radius 1 is 1.50 bits per heavy atom. The lowest BCUT2D eigenvalue weighted by Gasteiger charge is -2.12. The topological polar surface area (TPSA) is 90.5 Å². The minimum absolute atomic E-state index is 0.0488. The average molecular weight is 305 g/mol. The van der Waals surface area contributed by atoms with E-state index in [-0.39, 0.29) is 29.6 Å². The number of methoxy groups -OCH3 is 1. The van der Waals surface area contributed by atoms with Gasteiger partial charge in [-0.2, -0.15) is 0 Å². The summed E-state index contributed by atoms with van der Waals surface area (Å²) < 4.78 is 23.7. The van der Waals surface area contributed by atoms with Crippen molar-refractivity contribution in [3.8, 4) is 17.4 Å². The van der Waals surface area contributed by atoms with Gasteiger partial charge in [-0.1, -0.05) is 12.7 Å². The van der Waals surface area contributed by atoms with Gasteiger partial charge in [-0.15, -0.1) is 0 Å². The van der Waals surface area contributed by atoms with Crippen LogP contribution in [-0.4, -0.2) is 28.5 Å². The quantitative estimate of drug-likeness (QED) is 0.484. The Balaban J connectivity index is 2.46. The van der Waals surface area contributed by atoms with Crippen LogP contribution in [0.3, 0.4) is 0 Å². The number of alkyl halides is 1. The van der Waals surface area contributed by atoms with Crippen molar-refractivity contribution in [3.63, 3.8) is 0 Å². The van der Waals surface area contributed by atoms with Gasteiger partial charge in [-0.25, -0.2) is 14.4 Å². The van der Waals surface area contributed by atoms with E-state index in [9.17, 15) is 9.50 Å². The summed E-state index contributed by atoms with van der Waals surface area (Å²) in [6.45, 7) is 3.55. The van der Waals surface area contributed by atoms with Crippen molar-refractivity contribution in [2.45, 2.75) is 12.7 Å². The van der Waals surface area contributed by atoms with Crippen molar-refractivity contribution in [1.29, 1.82) is 0 Å². The summed E-state index contributed by atoms with van der Waals surface area (Å²) in [5.74, 6) is 0.685. The lowest BCUT2D eigenvalue weighted by molar-refractivity contribution is 0.292. The molecule has 0 radical (unpaired) electrons. The molecule has 1 unspecified atom stereocenters. The highest BCUT2D eigenvalue weighted by molar-refractivity contribution is 5.86. The average Bonchev–Trinajstić information content (AvgIpc) is 2.46. The van der Waals surface area contributed by atoms with Gasteiger partial charge in [0.05, 0.1) is 24.4 Å². The normalized spacial score (nSPS) is 13.0. The van der Waals surface area contributed by atoms with Crippen molar-refractivity contribution < 1.29 is 19.0 Å². The zero-order valence-electron chi connectivity index (χ0n) is 12.0. The number of ether oxygens (including phenoxy) is 2. The molecule has 0 amide bonds. The lowest BCUT2D eigenvalue weighted by Crippen LogP contribution is -2.16. The number of aromatic nitrogens is 2. The molecule has 2 aromatic rings. The van der Waals surface area contributed by atoms with E-state index in [1.165, 1.54) is 31.7 Å². The first-order valence-corrected chi connectivity index (χ1v) is 6.46. The van der Waals surface area contributed by atoms with Gasteiger partial charge in [0.25, 0.3) is 0 Å². The van der Waals surface area contributed by atoms with Crippen molar-refractivity contribution in [1.82, 2.24) is 9.97 Å². The third-order valence-electron chi connectivity index (χ3n) is 2.83. The summed E-state index contributed by atoms with van der Waals surface area (Å²) in [7, 11) is 1.43. The molecule has 1 aromatic carbocycles. The summed E-state index contributed by atoms with van der Waals surface area (Å²) >= 11 is 0. The van der Waals surface area contributed by atoms with Gasteiger partial charge in [0, 0.05) is 6.07 Å². The molecule has 0 aliphatic rings. The van der Waals surface area contributed by atoms with Crippen LogP contribution in [0.4, 0.5) is 4.39 Å². The van der Waals surface area contributed by atoms with Crippen molar-refractivity contribution >= 4 is 10.9 Å². The second-order valence-corrected chi connectivity index (χ2v) is 4.41. The third-order valence-corrected chi connectivity index (χ3v) is 2.83. The monoisotopic (exact) mass is 305 g/mol. The van der Waals surface area contributed by atoms with E-state index < -0.39 is 6.30 Å². The molecule has 116 valence electrons. The van der Waals surface area contributed by atoms with Crippen LogP contribution >= 0.6 is 0 Å². The Labute approximate surface area is 126 Å². The van der Waals surface area contributed by atoms with Crippen LogP contribution in [0, 0.1) is 0 Å². The number of nitrogens with zero attached hydrogens (tertiary/aromatic N) is 2. The predicted molar refractivity (Wildman–Crippen MR) is 80.4 cm³/mol. The highest BCUT2D eigenvalue weighted by Crippen LogP contribution is 2.34. The van der Waals surface area contributed by atoms with Gasteiger partial charge in [0.2, 0.25) is 5.88 Å². The third kappa shape index (κ3) is 3.50. The van der Waals surface area contributed by atoms with E-state index in [4.69, 9.17) is 15.2 Å². The van der Waals surface area contributed by atoms with Crippen molar-refractivity contribution in [3.05, 3.63) is 43.0 Å². The van der Waals surface area contributed by atoms with Crippen LogP contribution < -0.4 is 15.2 Å². The second kappa shape index (κ2) is 6.86. The van der Waals surface area contributed by atoms with E-state index in [1.807, 2.05) is 0 Å². The van der Waals surface area contributed by atoms with E-state index in [2.05, 4.69) is 16.5 Å². The molecule has 6 nitrogen and oxygen atoms in total. The number of halogens is 1. The van der Waals surface area contributed by atoms with Gasteiger partial charge in [-0.05, 0) is 12.1 Å². The zero-order valence-corrected chi connectivity index (χ0v) is 12.0. The molecular weight excluding hydrogens is 289 g/mol. The zero-order chi connectivity index (χ0) is 16.1. The summed E-state index contributed by atoms with van der Waals surface area (Å²) in [5.41, 5.74) is 5.61. The summed E-state index contributed by atoms with van der Waals surface area (Å²) in [6.07, 6.45) is 2.58. The SMILES string of the molecule is C=C/C=C(\CC(N)F)Oc1ncnc2cc(O)c(OC)cc12. The van der Waals surface area contributed by atoms with E-state index >= 15 is 0 Å². The van der Waals surface area contributed by atoms with Crippen LogP contribution in [0.1, 0.15) is 6.42 Å². The molecule has 0 fully saturated rings. The number of phenols is 1. The van der Waals surface area contributed by atoms with Crippen LogP contribution in [0.25, 0.3) is 10.9 Å². The number of nitrogens with two attached hydrogens (primary N) is 1. The molecule has 22 heavy (non-hydrogen) atoms. The summed E-state index contributed by atoms with van der Waals surface area (Å²) in [5, 5.41) is 10.3. The summed E-state index contributed by atoms with van der Waals surface area (Å²) in [6, 6.07) is 2.97. The van der Waals surface area contributed by atoms with Crippen LogP contribution in [0.2, 0.25) is 0 Å². The van der Waals surface area contributed by atoms with Gasteiger partial charge in [0.15, 0.2) is 17.8 Å². The minimum Gasteiger partial charge on any atom is -0.504 e. The lowest BCUT2D eigenvalue weighted by atomic mass is 10.2. The molecule has 0 saturated carbocycles. The Hall–Kier alpha value is -2.67. The molecule has 0 aliphatic heterocycles. The molecular formula is C15H16FN3O3. The van der Waals surface area contributed by atoms with E-state index in [0.29, 0.717) is 10.9 Å². The maximum absolute atomic E-state index is 13.0. The summed E-state index contributed by atoms with van der Waals surface area (Å²) in [4.78, 5) is 8.08. The molecule has 3 N–H and O–H groups in total. The number of hydrogen-bond donors (Lipinski definition) is 2. The molecule has 0 saturated heterocycles. The van der Waals surface area contributed by atoms with E-state index in [1.54, 1.807) is 6.07 Å². The number of rotatable bonds is 6. The molecule has 0 spiro atoms. The molecule has 0 aliphatic carbocycles. The highest BCUT2D eigenvalue weighted by atomic mass is 19.1. The fourth-order valence-corrected chi connectivity index (χ4v) is 1.88. The van der Waals surface area contributed by atoms with Crippen LogP contribution in [0.5, 0.6) is 17.4 Å². The molecule has 0 bridgehead atoms.